The molecule has 0 unspecified atom stereocenters. The molecular weight excluding hydrogens is 1020 g/mol. The molecule has 0 bridgehead atoms. The van der Waals surface area contributed by atoms with Crippen molar-refractivity contribution in [1.82, 2.24) is 0 Å². The Kier molecular flexibility index (Phi) is 25.2. The lowest BCUT2D eigenvalue weighted by Gasteiger charge is -2.25. The molecule has 0 aromatic carbocycles. The zero-order chi connectivity index (χ0) is 46.5. The van der Waals surface area contributed by atoms with Crippen LogP contribution in [0.1, 0.15) is 6.42 Å². The zero-order valence-electron chi connectivity index (χ0n) is 28.3. The topological polar surface area (TPSA) is 489 Å². The average molecular weight is 1050 g/mol. The van der Waals surface area contributed by atoms with Crippen LogP contribution < -0.4 is 0 Å². The number of rotatable bonds is 9. The molecule has 0 N–H and O–H groups in total. The van der Waals surface area contributed by atoms with Crippen molar-refractivity contribution in [1.29, 1.82) is 0 Å². The first-order chi connectivity index (χ1) is 22.9. The first-order valence-corrected chi connectivity index (χ1v) is 32.2. The van der Waals surface area contributed by atoms with E-state index in [1.165, 1.54) is 0 Å². The predicted octanol–water partition coefficient (Wildman–Crippen LogP) is -4.50. The van der Waals surface area contributed by atoms with E-state index in [0.29, 0.717) is 50.0 Å². The average Bonchev–Trinajstić information content (AvgIpc) is 2.59. The van der Waals surface area contributed by atoms with Crippen LogP contribution in [-0.2, 0) is 121 Å². The van der Waals surface area contributed by atoms with Crippen molar-refractivity contribution in [2.45, 2.75) is 6.42 Å². The number of nitrogens with zero attached hydrogens (tertiary/aromatic N) is 4. The van der Waals surface area contributed by atoms with Crippen LogP contribution in [0.4, 0.5) is 7.77 Å². The van der Waals surface area contributed by atoms with Crippen molar-refractivity contribution < 1.29 is 113 Å². The van der Waals surface area contributed by atoms with Gasteiger partial charge in [0.1, 0.15) is 0 Å². The van der Waals surface area contributed by atoms with Gasteiger partial charge in [-0.15, -0.1) is 7.77 Å². The first-order valence-electron chi connectivity index (χ1n) is 11.4. The molecule has 29 nitrogen and oxygen atoms in total. The lowest BCUT2D eigenvalue weighted by molar-refractivity contribution is 0.470. The van der Waals surface area contributed by atoms with Crippen LogP contribution in [0.15, 0.2) is 0 Å². The third-order valence-corrected chi connectivity index (χ3v) is 19.1. The monoisotopic (exact) mass is 1050 g/mol. The maximum Gasteiger partial charge on any atom is 0.241 e. The Morgan fingerprint density at radius 3 is 0.673 bits per heavy atom. The Hall–Kier alpha value is -0.940. The minimum Gasteiger partial charge on any atom is -0.748 e. The molecule has 1 fully saturated rings. The molecule has 1 aliphatic heterocycles. The fourth-order valence-corrected chi connectivity index (χ4v) is 16.7. The van der Waals surface area contributed by atoms with Crippen LogP contribution in [0.3, 0.4) is 0 Å². The van der Waals surface area contributed by atoms with E-state index < -0.39 is 125 Å². The molecule has 0 amide bonds. The second kappa shape index (κ2) is 21.9. The third kappa shape index (κ3) is 57.5. The SMILES string of the molecule is CS(=O)(=O)[C-](S(C)(=O)=O)S(C)(=O)=O.CS(=O)(=O)[N-]S(C)(=O)=O.CS(=O)(=O)[N-]S(C)(=O)=O.CS(=O)(=O)[O-].O=S(=O)(F)[N-]S(=O)(=O)F.O=S1(=O)CCCS(=O)(=O)[N-]1. The molecule has 0 aromatic heterocycles. The van der Waals surface area contributed by atoms with Gasteiger partial charge in [-0.2, -0.15) is 0 Å². The van der Waals surface area contributed by atoms with Crippen LogP contribution in [0.25, 0.3) is 16.5 Å². The fraction of sp³-hybridized carbons (Fsp3) is 0.917. The molecule has 1 heterocycles. The molecule has 0 aromatic rings. The summed E-state index contributed by atoms with van der Waals surface area (Å²) >= 11 is 0. The van der Waals surface area contributed by atoms with Crippen LogP contribution in [-0.4, -0.2) is 167 Å². The summed E-state index contributed by atoms with van der Waals surface area (Å²) < 4.78 is 281. The van der Waals surface area contributed by atoms with Gasteiger partial charge in [0, 0.05) is 65.5 Å². The standard InChI is InChI=1S/C4H9O6S3.C3H6NO4S2.2C2H6NO4S2.CH4O3S.F2NO4S2/c1-11(5,6)4(12(2,7)8)13(3,9)10;5-9(6)2-1-3-10(7,8)4-9;2*1-8(4,5)3-9(2,6)7;1-5(2,3)4;1-8(4,5)3-9(2,6)7/h1-3H3;1-3H2;2*1-2H3;1H3,(H,2,3,4);/q4*-1;;-1/p-1. The molecule has 0 aliphatic carbocycles. The second-order valence-corrected chi connectivity index (χ2v) is 30.3. The van der Waals surface area contributed by atoms with Crippen molar-refractivity contribution in [3.8, 4) is 0 Å². The molecule has 1 rings (SSSR count). The van der Waals surface area contributed by atoms with E-state index in [2.05, 4.69) is 12.4 Å². The molecule has 0 radical (unpaired) electrons. The third-order valence-electron chi connectivity index (χ3n) is 2.66. The highest BCUT2D eigenvalue weighted by Crippen LogP contribution is 2.22. The summed E-state index contributed by atoms with van der Waals surface area (Å²) in [6, 6.07) is 0. The predicted molar refractivity (Wildman–Crippen MR) is 188 cm³/mol. The van der Waals surface area contributed by atoms with Gasteiger partial charge in [-0.25, -0.2) is 75.8 Å². The molecule has 0 saturated carbocycles. The van der Waals surface area contributed by atoms with Crippen LogP contribution in [0, 0.1) is 3.91 Å². The van der Waals surface area contributed by atoms with Gasteiger partial charge in [0.15, 0.2) is 0 Å². The van der Waals surface area contributed by atoms with Gasteiger partial charge in [-0.1, -0.05) is 0 Å². The highest BCUT2D eigenvalue weighted by atomic mass is 32.3. The van der Waals surface area contributed by atoms with Crippen LogP contribution in [0.5, 0.6) is 0 Å². The summed E-state index contributed by atoms with van der Waals surface area (Å²) in [4.78, 5) is 0. The molecule has 43 heteroatoms. The smallest absolute Gasteiger partial charge is 0.241 e. The van der Waals surface area contributed by atoms with E-state index in [9.17, 15) is 100 Å². The van der Waals surface area contributed by atoms with Gasteiger partial charge >= 0.3 is 0 Å². The van der Waals surface area contributed by atoms with Gasteiger partial charge in [0.2, 0.25) is 20.8 Å². The Morgan fingerprint density at radius 1 is 0.455 bits per heavy atom. The lowest BCUT2D eigenvalue weighted by Crippen LogP contribution is -2.27. The van der Waals surface area contributed by atoms with Crippen molar-refractivity contribution >= 4 is 121 Å². The summed E-state index contributed by atoms with van der Waals surface area (Å²) in [5.74, 6) is -0.293. The van der Waals surface area contributed by atoms with Gasteiger partial charge in [0.25, 0.3) is 0 Å². The Labute approximate surface area is 319 Å². The highest BCUT2D eigenvalue weighted by molar-refractivity contribution is 8.28. The summed E-state index contributed by atoms with van der Waals surface area (Å²) in [5, 5.41) is 0. The largest absolute Gasteiger partial charge is 0.748 e. The molecule has 1 aliphatic rings. The molecule has 0 atom stereocenters. The van der Waals surface area contributed by atoms with E-state index >= 15 is 0 Å². The maximum absolute atomic E-state index is 11.1. The summed E-state index contributed by atoms with van der Waals surface area (Å²) in [7, 11) is -50.2. The van der Waals surface area contributed by atoms with Crippen molar-refractivity contribution in [2.75, 3.05) is 61.6 Å². The minimum absolute atomic E-state index is 0.147. The maximum atomic E-state index is 11.1. The quantitative estimate of drug-likeness (QED) is 0.119. The van der Waals surface area contributed by atoms with Crippen LogP contribution >= 0.6 is 0 Å². The highest BCUT2D eigenvalue weighted by Gasteiger charge is 2.26. The number of sulfonamides is 6. The molecule has 0 spiro atoms. The molecule has 1 saturated heterocycles. The lowest BCUT2D eigenvalue weighted by atomic mass is 10.6. The van der Waals surface area contributed by atoms with Crippen molar-refractivity contribution in [2.24, 2.45) is 0 Å². The summed E-state index contributed by atoms with van der Waals surface area (Å²) in [6.45, 7) is 0. The fourth-order valence-electron chi connectivity index (χ4n) is 2.09. The van der Waals surface area contributed by atoms with E-state index in [4.69, 9.17) is 13.0 Å². The van der Waals surface area contributed by atoms with E-state index in [1.807, 2.05) is 0 Å². The second-order valence-electron chi connectivity index (χ2n) is 9.25. The first kappa shape index (κ1) is 63.2. The van der Waals surface area contributed by atoms with Crippen molar-refractivity contribution in [3.05, 3.63) is 20.4 Å². The molecule has 340 valence electrons. The minimum atomic E-state index is -5.62. The zero-order valence-corrected chi connectivity index (χ0v) is 38.1. The van der Waals surface area contributed by atoms with E-state index in [1.54, 1.807) is 0 Å². The number of sulfone groups is 3. The Morgan fingerprint density at radius 2 is 0.636 bits per heavy atom. The van der Waals surface area contributed by atoms with Crippen molar-refractivity contribution in [3.63, 3.8) is 0 Å². The van der Waals surface area contributed by atoms with Gasteiger partial charge in [-0.3, -0.25) is 25.3 Å². The van der Waals surface area contributed by atoms with Crippen LogP contribution in [0.2, 0.25) is 0 Å². The van der Waals surface area contributed by atoms with E-state index in [0.717, 1.165) is 4.13 Å². The Balaban J connectivity index is -0.000000185. The normalized spacial score (nSPS) is 16.6. The molecule has 55 heavy (non-hydrogen) atoms. The van der Waals surface area contributed by atoms with E-state index in [-0.39, 0.29) is 17.9 Å². The van der Waals surface area contributed by atoms with Gasteiger partial charge in [-0.05, 0) is 6.42 Å². The van der Waals surface area contributed by atoms with Gasteiger partial charge < -0.3 is 21.1 Å². The van der Waals surface area contributed by atoms with Gasteiger partial charge in [0.05, 0.1) is 99.8 Å². The Bertz CT molecular complexity index is 2320. The number of hydrogen-bond acceptors (Lipinski definition) is 25. The summed E-state index contributed by atoms with van der Waals surface area (Å²) in [6.07, 6.45) is 5.23. The number of hydrogen-bond donors (Lipinski definition) is 0. The molecular formula is C12H30F2N4O25S12-6. The summed E-state index contributed by atoms with van der Waals surface area (Å²) in [5.41, 5.74) is 0. The number of halogens is 2.